The molecule has 3 heterocycles. The van der Waals surface area contributed by atoms with Gasteiger partial charge in [-0.3, -0.25) is 4.79 Å². The molecule has 4 aromatic rings. The average molecular weight is 555 g/mol. The second-order valence-electron chi connectivity index (χ2n) is 8.60. The monoisotopic (exact) mass is 554 g/mol. The highest BCUT2D eigenvalue weighted by Gasteiger charge is 2.24. The molecule has 0 aliphatic rings. The number of hydrogen-bond acceptors (Lipinski definition) is 8. The molecule has 4 rings (SSSR count). The van der Waals surface area contributed by atoms with Crippen LogP contribution in [0.25, 0.3) is 22.5 Å². The molecule has 37 heavy (non-hydrogen) atoms. The number of nitrogens with one attached hydrogen (secondary N) is 1. The number of esters is 1. The summed E-state index contributed by atoms with van der Waals surface area (Å²) in [5.41, 5.74) is 5.27. The van der Waals surface area contributed by atoms with Gasteiger partial charge in [0.1, 0.15) is 10.6 Å². The Hall–Kier alpha value is -2.95. The van der Waals surface area contributed by atoms with Crippen molar-refractivity contribution in [1.29, 1.82) is 0 Å². The van der Waals surface area contributed by atoms with Gasteiger partial charge < -0.3 is 14.6 Å². The SMILES string of the molecule is CCCc1cc(-c2nnc(SCC(=O)Nc3scc(-c4cc(C)ccc4C)c3C(=O)OC)n2CC)cs1. The lowest BCUT2D eigenvalue weighted by molar-refractivity contribution is -0.113. The summed E-state index contributed by atoms with van der Waals surface area (Å²) >= 11 is 4.38. The number of aryl methyl sites for hydroxylation is 3. The van der Waals surface area contributed by atoms with Gasteiger partial charge in [0.15, 0.2) is 11.0 Å². The van der Waals surface area contributed by atoms with Crippen molar-refractivity contribution in [2.24, 2.45) is 0 Å². The van der Waals surface area contributed by atoms with Gasteiger partial charge in [-0.2, -0.15) is 0 Å². The molecule has 3 aromatic heterocycles. The predicted molar refractivity (Wildman–Crippen MR) is 153 cm³/mol. The van der Waals surface area contributed by atoms with E-state index in [1.54, 1.807) is 11.3 Å². The van der Waals surface area contributed by atoms with Crippen LogP contribution < -0.4 is 5.32 Å². The average Bonchev–Trinajstić information content (AvgIpc) is 3.62. The molecule has 0 bridgehead atoms. The predicted octanol–water partition coefficient (Wildman–Crippen LogP) is 6.84. The molecule has 0 fully saturated rings. The molecule has 1 amide bonds. The second kappa shape index (κ2) is 12.1. The standard InChI is InChI=1S/C27H30N4O3S3/c1-6-8-19-12-18(13-35-19)24-29-30-27(31(24)7-2)37-15-22(32)28-25-23(26(33)34-5)21(14-36-25)20-11-16(3)9-10-17(20)4/h9-14H,6-8,15H2,1-5H3,(H,28,32). The molecule has 0 saturated heterocycles. The van der Waals surface area contributed by atoms with Crippen molar-refractivity contribution in [3.63, 3.8) is 0 Å². The number of aromatic nitrogens is 3. The highest BCUT2D eigenvalue weighted by Crippen LogP contribution is 2.38. The zero-order valence-corrected chi connectivity index (χ0v) is 24.0. The van der Waals surface area contributed by atoms with Crippen LogP contribution >= 0.6 is 34.4 Å². The highest BCUT2D eigenvalue weighted by molar-refractivity contribution is 7.99. The zero-order valence-electron chi connectivity index (χ0n) is 21.6. The van der Waals surface area contributed by atoms with Crippen molar-refractivity contribution in [3.8, 4) is 22.5 Å². The molecule has 0 atom stereocenters. The van der Waals surface area contributed by atoms with Crippen molar-refractivity contribution < 1.29 is 14.3 Å². The van der Waals surface area contributed by atoms with E-state index in [2.05, 4.69) is 33.9 Å². The van der Waals surface area contributed by atoms with Crippen LogP contribution in [-0.2, 0) is 22.5 Å². The molecule has 0 spiro atoms. The van der Waals surface area contributed by atoms with Gasteiger partial charge in [0.05, 0.1) is 12.9 Å². The fourth-order valence-corrected chi connectivity index (χ4v) is 6.78. The number of methoxy groups -OCH3 is 1. The minimum Gasteiger partial charge on any atom is -0.465 e. The summed E-state index contributed by atoms with van der Waals surface area (Å²) in [6.45, 7) is 8.92. The molecular formula is C27H30N4O3S3. The summed E-state index contributed by atoms with van der Waals surface area (Å²) in [5.74, 6) is 0.250. The van der Waals surface area contributed by atoms with Crippen LogP contribution in [0.5, 0.6) is 0 Å². The van der Waals surface area contributed by atoms with E-state index in [0.717, 1.165) is 46.5 Å². The number of thiophene rings is 2. The summed E-state index contributed by atoms with van der Waals surface area (Å²) < 4.78 is 7.09. The van der Waals surface area contributed by atoms with Crippen LogP contribution in [0.3, 0.4) is 0 Å². The first-order valence-electron chi connectivity index (χ1n) is 12.1. The first kappa shape index (κ1) is 27.1. The number of nitrogens with zero attached hydrogens (tertiary/aromatic N) is 3. The number of benzene rings is 1. The highest BCUT2D eigenvalue weighted by atomic mass is 32.2. The third-order valence-electron chi connectivity index (χ3n) is 5.89. The Kier molecular flexibility index (Phi) is 8.83. The number of ether oxygens (including phenoxy) is 1. The fraction of sp³-hybridized carbons (Fsp3) is 0.333. The van der Waals surface area contributed by atoms with Crippen LogP contribution in [0.4, 0.5) is 5.00 Å². The third kappa shape index (κ3) is 5.97. The molecule has 1 N–H and O–H groups in total. The third-order valence-corrected chi connectivity index (χ3v) is 8.75. The summed E-state index contributed by atoms with van der Waals surface area (Å²) in [5, 5.41) is 16.8. The molecule has 10 heteroatoms. The lowest BCUT2D eigenvalue weighted by Crippen LogP contribution is -2.16. The van der Waals surface area contributed by atoms with E-state index in [-0.39, 0.29) is 11.7 Å². The topological polar surface area (TPSA) is 86.1 Å². The Morgan fingerprint density at radius 2 is 1.89 bits per heavy atom. The van der Waals surface area contributed by atoms with E-state index >= 15 is 0 Å². The van der Waals surface area contributed by atoms with E-state index in [1.165, 1.54) is 35.1 Å². The fourth-order valence-electron chi connectivity index (χ4n) is 4.04. The quantitative estimate of drug-likeness (QED) is 0.171. The van der Waals surface area contributed by atoms with Gasteiger partial charge >= 0.3 is 5.97 Å². The Morgan fingerprint density at radius 1 is 1.08 bits per heavy atom. The molecule has 0 unspecified atom stereocenters. The Morgan fingerprint density at radius 3 is 2.62 bits per heavy atom. The van der Waals surface area contributed by atoms with Gasteiger partial charge in [0.25, 0.3) is 0 Å². The van der Waals surface area contributed by atoms with E-state index in [1.807, 2.05) is 48.9 Å². The lowest BCUT2D eigenvalue weighted by atomic mass is 9.97. The maximum Gasteiger partial charge on any atom is 0.341 e. The number of carbonyl (C=O) groups excluding carboxylic acids is 2. The van der Waals surface area contributed by atoms with Crippen molar-refractivity contribution in [1.82, 2.24) is 14.8 Å². The number of hydrogen-bond donors (Lipinski definition) is 1. The van der Waals surface area contributed by atoms with E-state index in [9.17, 15) is 9.59 Å². The van der Waals surface area contributed by atoms with Crippen LogP contribution in [0.15, 0.2) is 40.2 Å². The second-order valence-corrected chi connectivity index (χ2v) is 11.4. The molecule has 0 saturated carbocycles. The van der Waals surface area contributed by atoms with Crippen LogP contribution in [0.1, 0.15) is 46.6 Å². The number of anilines is 1. The maximum atomic E-state index is 12.9. The number of carbonyl (C=O) groups is 2. The molecule has 0 aliphatic carbocycles. The number of rotatable bonds is 10. The normalized spacial score (nSPS) is 11.1. The van der Waals surface area contributed by atoms with Crippen molar-refractivity contribution in [3.05, 3.63) is 56.6 Å². The molecule has 1 aromatic carbocycles. The molecular weight excluding hydrogens is 525 g/mol. The lowest BCUT2D eigenvalue weighted by Gasteiger charge is -2.10. The van der Waals surface area contributed by atoms with E-state index in [4.69, 9.17) is 4.74 Å². The van der Waals surface area contributed by atoms with Gasteiger partial charge in [-0.25, -0.2) is 4.79 Å². The summed E-state index contributed by atoms with van der Waals surface area (Å²) in [6, 6.07) is 8.27. The maximum absolute atomic E-state index is 12.9. The van der Waals surface area contributed by atoms with Crippen LogP contribution in [-0.4, -0.2) is 39.5 Å². The minimum absolute atomic E-state index is 0.139. The Labute approximate surface area is 229 Å². The molecule has 7 nitrogen and oxygen atoms in total. The molecule has 0 radical (unpaired) electrons. The van der Waals surface area contributed by atoms with Crippen molar-refractivity contribution in [2.45, 2.75) is 52.2 Å². The minimum atomic E-state index is -0.478. The largest absolute Gasteiger partial charge is 0.465 e. The van der Waals surface area contributed by atoms with Gasteiger partial charge in [0, 0.05) is 33.3 Å². The summed E-state index contributed by atoms with van der Waals surface area (Å²) in [6.07, 6.45) is 2.15. The van der Waals surface area contributed by atoms with Gasteiger partial charge in [0.2, 0.25) is 5.91 Å². The van der Waals surface area contributed by atoms with Crippen molar-refractivity contribution in [2.75, 3.05) is 18.2 Å². The summed E-state index contributed by atoms with van der Waals surface area (Å²) in [4.78, 5) is 27.0. The number of thioether (sulfide) groups is 1. The molecule has 0 aliphatic heterocycles. The van der Waals surface area contributed by atoms with Crippen LogP contribution in [0, 0.1) is 13.8 Å². The first-order chi connectivity index (χ1) is 17.9. The van der Waals surface area contributed by atoms with E-state index < -0.39 is 5.97 Å². The smallest absolute Gasteiger partial charge is 0.341 e. The number of amides is 1. The Balaban J connectivity index is 1.51. The zero-order chi connectivity index (χ0) is 26.5. The Bertz CT molecular complexity index is 1420. The molecule has 194 valence electrons. The van der Waals surface area contributed by atoms with Gasteiger partial charge in [-0.15, -0.1) is 32.9 Å². The van der Waals surface area contributed by atoms with E-state index in [0.29, 0.717) is 22.3 Å². The first-order valence-corrected chi connectivity index (χ1v) is 14.8. The summed E-state index contributed by atoms with van der Waals surface area (Å²) in [7, 11) is 1.35. The van der Waals surface area contributed by atoms with Gasteiger partial charge in [-0.05, 0) is 44.4 Å². The van der Waals surface area contributed by atoms with Crippen molar-refractivity contribution >= 4 is 51.3 Å². The van der Waals surface area contributed by atoms with Crippen LogP contribution in [0.2, 0.25) is 0 Å². The van der Waals surface area contributed by atoms with Gasteiger partial charge in [-0.1, -0.05) is 48.9 Å².